The van der Waals surface area contributed by atoms with Gasteiger partial charge in [-0.2, -0.15) is 0 Å². The fourth-order valence-electron chi connectivity index (χ4n) is 2.63. The van der Waals surface area contributed by atoms with Gasteiger partial charge in [0.05, 0.1) is 17.5 Å². The first-order chi connectivity index (χ1) is 11.1. The first-order valence-corrected chi connectivity index (χ1v) is 7.44. The first-order valence-electron chi connectivity index (χ1n) is 7.44. The highest BCUT2D eigenvalue weighted by atomic mass is 16.7. The third-order valence-corrected chi connectivity index (χ3v) is 3.76. The van der Waals surface area contributed by atoms with E-state index in [2.05, 4.69) is 10.6 Å². The third-order valence-electron chi connectivity index (χ3n) is 3.76. The summed E-state index contributed by atoms with van der Waals surface area (Å²) in [6.07, 6.45) is 0.970. The Kier molecular flexibility index (Phi) is 4.58. The maximum Gasteiger partial charge on any atom is 0.296 e. The SMILES string of the molecule is O=C(CN1CCCNCC1)Nc1cc2c(cc1[N+](=O)[O-])OCO2. The smallest absolute Gasteiger partial charge is 0.296 e. The Morgan fingerprint density at radius 3 is 2.87 bits per heavy atom. The van der Waals surface area contributed by atoms with Gasteiger partial charge in [-0.1, -0.05) is 0 Å². The molecule has 0 radical (unpaired) electrons. The van der Waals surface area contributed by atoms with E-state index in [4.69, 9.17) is 9.47 Å². The van der Waals surface area contributed by atoms with Crippen LogP contribution in [0.15, 0.2) is 12.1 Å². The van der Waals surface area contributed by atoms with Gasteiger partial charge in [0, 0.05) is 19.2 Å². The summed E-state index contributed by atoms with van der Waals surface area (Å²) in [5.41, 5.74) is -0.0858. The molecular weight excluding hydrogens is 304 g/mol. The number of ether oxygens (including phenoxy) is 2. The second-order valence-corrected chi connectivity index (χ2v) is 5.41. The number of hydrogen-bond acceptors (Lipinski definition) is 7. The lowest BCUT2D eigenvalue weighted by atomic mass is 10.2. The van der Waals surface area contributed by atoms with Crippen LogP contribution in [0.25, 0.3) is 0 Å². The van der Waals surface area contributed by atoms with Gasteiger partial charge in [0.2, 0.25) is 12.7 Å². The molecule has 0 spiro atoms. The number of carbonyl (C=O) groups excluding carboxylic acids is 1. The maximum absolute atomic E-state index is 12.2. The highest BCUT2D eigenvalue weighted by molar-refractivity contribution is 5.95. The van der Waals surface area contributed by atoms with Gasteiger partial charge in [0.1, 0.15) is 5.69 Å². The Hall–Kier alpha value is -2.39. The Labute approximate surface area is 132 Å². The van der Waals surface area contributed by atoms with Crippen molar-refractivity contribution in [1.82, 2.24) is 10.2 Å². The minimum absolute atomic E-state index is 0.0185. The molecule has 2 aliphatic heterocycles. The van der Waals surface area contributed by atoms with E-state index < -0.39 is 4.92 Å². The van der Waals surface area contributed by atoms with Crippen LogP contribution in [0.2, 0.25) is 0 Å². The second kappa shape index (κ2) is 6.80. The van der Waals surface area contributed by atoms with Gasteiger partial charge in [0.15, 0.2) is 11.5 Å². The van der Waals surface area contributed by atoms with Crippen molar-refractivity contribution in [2.45, 2.75) is 6.42 Å². The summed E-state index contributed by atoms with van der Waals surface area (Å²) < 4.78 is 10.3. The number of nitrogens with zero attached hydrogens (tertiary/aromatic N) is 2. The number of carbonyl (C=O) groups is 1. The molecule has 0 saturated carbocycles. The van der Waals surface area contributed by atoms with Gasteiger partial charge in [0.25, 0.3) is 5.69 Å². The Balaban J connectivity index is 1.71. The molecule has 9 heteroatoms. The van der Waals surface area contributed by atoms with Gasteiger partial charge in [-0.05, 0) is 19.5 Å². The van der Waals surface area contributed by atoms with Crippen molar-refractivity contribution in [3.05, 3.63) is 22.2 Å². The number of hydrogen-bond donors (Lipinski definition) is 2. The van der Waals surface area contributed by atoms with E-state index in [9.17, 15) is 14.9 Å². The first kappa shape index (κ1) is 15.5. The second-order valence-electron chi connectivity index (χ2n) is 5.41. The van der Waals surface area contributed by atoms with Gasteiger partial charge in [-0.15, -0.1) is 0 Å². The third kappa shape index (κ3) is 3.69. The zero-order valence-electron chi connectivity index (χ0n) is 12.5. The van der Waals surface area contributed by atoms with Crippen LogP contribution >= 0.6 is 0 Å². The molecule has 124 valence electrons. The molecule has 1 aromatic carbocycles. The van der Waals surface area contributed by atoms with Crippen LogP contribution in [-0.4, -0.2) is 55.2 Å². The lowest BCUT2D eigenvalue weighted by Gasteiger charge is -2.18. The number of nitrogens with one attached hydrogen (secondary N) is 2. The molecule has 1 aromatic rings. The molecule has 0 aliphatic carbocycles. The molecule has 0 bridgehead atoms. The highest BCUT2D eigenvalue weighted by Crippen LogP contribution is 2.40. The van der Waals surface area contributed by atoms with Crippen molar-refractivity contribution < 1.29 is 19.2 Å². The molecule has 1 amide bonds. The number of fused-ring (bicyclic) bond motifs is 1. The van der Waals surface area contributed by atoms with E-state index >= 15 is 0 Å². The fourth-order valence-corrected chi connectivity index (χ4v) is 2.63. The lowest BCUT2D eigenvalue weighted by molar-refractivity contribution is -0.384. The highest BCUT2D eigenvalue weighted by Gasteiger charge is 2.25. The molecule has 9 nitrogen and oxygen atoms in total. The van der Waals surface area contributed by atoms with E-state index in [-0.39, 0.29) is 30.6 Å². The maximum atomic E-state index is 12.2. The largest absolute Gasteiger partial charge is 0.454 e. The van der Waals surface area contributed by atoms with Crippen LogP contribution in [-0.2, 0) is 4.79 Å². The summed E-state index contributed by atoms with van der Waals surface area (Å²) in [4.78, 5) is 24.9. The van der Waals surface area contributed by atoms with Crippen molar-refractivity contribution >= 4 is 17.3 Å². The van der Waals surface area contributed by atoms with Crippen LogP contribution in [0, 0.1) is 10.1 Å². The summed E-state index contributed by atoms with van der Waals surface area (Å²) >= 11 is 0. The van der Waals surface area contributed by atoms with E-state index in [1.165, 1.54) is 12.1 Å². The molecular formula is C14H18N4O5. The van der Waals surface area contributed by atoms with Crippen LogP contribution < -0.4 is 20.1 Å². The van der Waals surface area contributed by atoms with Gasteiger partial charge in [-0.25, -0.2) is 0 Å². The zero-order valence-corrected chi connectivity index (χ0v) is 12.5. The van der Waals surface area contributed by atoms with Gasteiger partial charge >= 0.3 is 0 Å². The summed E-state index contributed by atoms with van der Waals surface area (Å²) in [6.45, 7) is 3.58. The van der Waals surface area contributed by atoms with Crippen molar-refractivity contribution in [2.75, 3.05) is 44.8 Å². The number of nitro groups is 1. The average Bonchev–Trinajstić information content (AvgIpc) is 2.81. The van der Waals surface area contributed by atoms with E-state index in [0.29, 0.717) is 11.5 Å². The summed E-state index contributed by atoms with van der Waals surface area (Å²) in [5, 5.41) is 17.0. The predicted octanol–water partition coefficient (Wildman–Crippen LogP) is 0.557. The van der Waals surface area contributed by atoms with E-state index in [0.717, 1.165) is 32.6 Å². The molecule has 1 fully saturated rings. The monoisotopic (exact) mass is 322 g/mol. The molecule has 0 aromatic heterocycles. The Morgan fingerprint density at radius 1 is 1.30 bits per heavy atom. The average molecular weight is 322 g/mol. The number of rotatable bonds is 4. The molecule has 0 unspecified atom stereocenters. The van der Waals surface area contributed by atoms with Crippen molar-refractivity contribution in [3.8, 4) is 11.5 Å². The normalized spacial score (nSPS) is 17.6. The quantitative estimate of drug-likeness (QED) is 0.616. The van der Waals surface area contributed by atoms with Crippen molar-refractivity contribution in [1.29, 1.82) is 0 Å². The van der Waals surface area contributed by atoms with Crippen molar-refractivity contribution in [3.63, 3.8) is 0 Å². The fraction of sp³-hybridized carbons (Fsp3) is 0.500. The molecule has 2 N–H and O–H groups in total. The molecule has 3 rings (SSSR count). The van der Waals surface area contributed by atoms with Gasteiger partial charge < -0.3 is 20.1 Å². The predicted molar refractivity (Wildman–Crippen MR) is 81.8 cm³/mol. The molecule has 1 saturated heterocycles. The zero-order chi connectivity index (χ0) is 16.2. The van der Waals surface area contributed by atoms with E-state index in [1.54, 1.807) is 0 Å². The summed E-state index contributed by atoms with van der Waals surface area (Å²) in [7, 11) is 0. The molecule has 2 heterocycles. The van der Waals surface area contributed by atoms with Crippen LogP contribution in [0.4, 0.5) is 11.4 Å². The minimum Gasteiger partial charge on any atom is -0.454 e. The molecule has 0 atom stereocenters. The Morgan fingerprint density at radius 2 is 2.09 bits per heavy atom. The number of amides is 1. The van der Waals surface area contributed by atoms with Crippen LogP contribution in [0.3, 0.4) is 0 Å². The Bertz CT molecular complexity index is 613. The topological polar surface area (TPSA) is 106 Å². The number of nitro benzene ring substituents is 1. The lowest BCUT2D eigenvalue weighted by Crippen LogP contribution is -2.35. The minimum atomic E-state index is -0.548. The molecule has 23 heavy (non-hydrogen) atoms. The summed E-state index contributed by atoms with van der Waals surface area (Å²) in [5.74, 6) is 0.423. The van der Waals surface area contributed by atoms with Crippen LogP contribution in [0.5, 0.6) is 11.5 Å². The van der Waals surface area contributed by atoms with E-state index in [1.807, 2.05) is 4.90 Å². The van der Waals surface area contributed by atoms with Gasteiger partial charge in [-0.3, -0.25) is 19.8 Å². The number of benzene rings is 1. The summed E-state index contributed by atoms with van der Waals surface area (Å²) in [6, 6.07) is 2.70. The molecule has 2 aliphatic rings. The number of anilines is 1. The van der Waals surface area contributed by atoms with Crippen LogP contribution in [0.1, 0.15) is 6.42 Å². The van der Waals surface area contributed by atoms with Crippen molar-refractivity contribution in [2.24, 2.45) is 0 Å². The standard InChI is InChI=1S/C14H18N4O5/c19-14(8-17-4-1-2-15-3-5-17)16-10-6-12-13(23-9-22-12)7-11(10)18(20)21/h6-7,15H,1-5,8-9H2,(H,16,19).